The van der Waals surface area contributed by atoms with Crippen molar-refractivity contribution in [2.45, 2.75) is 26.0 Å². The molecule has 0 aromatic heterocycles. The Hall–Kier alpha value is -2.80. The molecule has 1 unspecified atom stereocenters. The topological polar surface area (TPSA) is 91.4 Å². The number of nitrogen functional groups attached to an aromatic ring is 1. The summed E-state index contributed by atoms with van der Waals surface area (Å²) < 4.78 is 5.97. The molecule has 4 rings (SSSR count). The van der Waals surface area contributed by atoms with Crippen LogP contribution in [0.4, 0.5) is 5.69 Å². The Balaban J connectivity index is 0.00000181. The molecule has 32 heavy (non-hydrogen) atoms. The number of nitrogens with zero attached hydrogens (tertiary/aromatic N) is 1. The van der Waals surface area contributed by atoms with Crippen LogP contribution in [-0.2, 0) is 11.3 Å². The van der Waals surface area contributed by atoms with E-state index in [1.165, 1.54) is 0 Å². The van der Waals surface area contributed by atoms with Crippen molar-refractivity contribution in [2.24, 2.45) is 5.73 Å². The summed E-state index contributed by atoms with van der Waals surface area (Å²) in [6.45, 7) is 3.89. The highest BCUT2D eigenvalue weighted by atomic mass is 35.5. The summed E-state index contributed by atoms with van der Waals surface area (Å²) in [7, 11) is 0. The Kier molecular flexibility index (Phi) is 8.89. The van der Waals surface area contributed by atoms with Gasteiger partial charge in [-0.05, 0) is 65.7 Å². The normalized spacial score (nSPS) is 14.8. The van der Waals surface area contributed by atoms with E-state index >= 15 is 0 Å². The standard InChI is InChI=1S/C24H26N4O2.2ClH/c1-16(29)28(21-6-8-22(9-7-21)30-23-10-11-27-14-23)15-17-2-3-18-4-5-19(24(25)26)13-20(18)12-17;;/h2-9,12-13,23,27H,10-11,14-15H2,1H3,(H3,25,26);2*1H. The maximum Gasteiger partial charge on any atom is 0.224 e. The number of halogens is 2. The van der Waals surface area contributed by atoms with Crippen molar-refractivity contribution in [1.82, 2.24) is 5.32 Å². The summed E-state index contributed by atoms with van der Waals surface area (Å²) in [6, 6.07) is 19.5. The van der Waals surface area contributed by atoms with Gasteiger partial charge in [0, 0.05) is 24.7 Å². The SMILES string of the molecule is CC(=O)N(Cc1ccc2ccc(C(=N)N)cc2c1)c1ccc(OC2CCNC2)cc1.Cl.Cl. The monoisotopic (exact) mass is 474 g/mol. The fraction of sp³-hybridized carbons (Fsp3) is 0.250. The lowest BCUT2D eigenvalue weighted by atomic mass is 10.0. The molecule has 1 aliphatic heterocycles. The van der Waals surface area contributed by atoms with E-state index in [-0.39, 0.29) is 42.7 Å². The van der Waals surface area contributed by atoms with E-state index in [1.54, 1.807) is 11.8 Å². The number of rotatable bonds is 6. The predicted molar refractivity (Wildman–Crippen MR) is 135 cm³/mol. The molecular weight excluding hydrogens is 447 g/mol. The highest BCUT2D eigenvalue weighted by Crippen LogP contribution is 2.25. The van der Waals surface area contributed by atoms with E-state index in [0.29, 0.717) is 12.1 Å². The van der Waals surface area contributed by atoms with E-state index in [4.69, 9.17) is 15.9 Å². The van der Waals surface area contributed by atoms with Crippen LogP contribution in [0.3, 0.4) is 0 Å². The number of amides is 1. The van der Waals surface area contributed by atoms with Gasteiger partial charge in [0.2, 0.25) is 5.91 Å². The van der Waals surface area contributed by atoms with Crippen molar-refractivity contribution in [3.63, 3.8) is 0 Å². The number of anilines is 1. The Labute approximate surface area is 200 Å². The third-order valence-corrected chi connectivity index (χ3v) is 5.40. The molecule has 1 saturated heterocycles. The van der Waals surface area contributed by atoms with Crippen molar-refractivity contribution >= 4 is 53.0 Å². The molecule has 170 valence electrons. The molecule has 0 bridgehead atoms. The van der Waals surface area contributed by atoms with E-state index < -0.39 is 0 Å². The Morgan fingerprint density at radius 1 is 1.09 bits per heavy atom. The molecular formula is C24H28Cl2N4O2. The average Bonchev–Trinajstić information content (AvgIpc) is 3.25. The lowest BCUT2D eigenvalue weighted by Crippen LogP contribution is -2.27. The lowest BCUT2D eigenvalue weighted by Gasteiger charge is -2.22. The number of amidine groups is 1. The quantitative estimate of drug-likeness (QED) is 0.367. The maximum atomic E-state index is 12.4. The number of carbonyl (C=O) groups excluding carboxylic acids is 1. The number of fused-ring (bicyclic) bond motifs is 1. The van der Waals surface area contributed by atoms with Gasteiger partial charge >= 0.3 is 0 Å². The molecule has 1 heterocycles. The minimum absolute atomic E-state index is 0. The van der Waals surface area contributed by atoms with Crippen LogP contribution in [-0.4, -0.2) is 30.9 Å². The molecule has 4 N–H and O–H groups in total. The van der Waals surface area contributed by atoms with Gasteiger partial charge in [0.15, 0.2) is 0 Å². The fourth-order valence-electron chi connectivity index (χ4n) is 3.75. The first-order valence-corrected chi connectivity index (χ1v) is 10.1. The smallest absolute Gasteiger partial charge is 0.224 e. The van der Waals surface area contributed by atoms with Crippen LogP contribution in [0.5, 0.6) is 5.75 Å². The third-order valence-electron chi connectivity index (χ3n) is 5.40. The maximum absolute atomic E-state index is 12.4. The predicted octanol–water partition coefficient (Wildman–Crippen LogP) is 4.26. The molecule has 6 nitrogen and oxygen atoms in total. The van der Waals surface area contributed by atoms with Gasteiger partial charge in [-0.2, -0.15) is 0 Å². The van der Waals surface area contributed by atoms with Gasteiger partial charge in [-0.15, -0.1) is 24.8 Å². The van der Waals surface area contributed by atoms with Crippen LogP contribution in [0.2, 0.25) is 0 Å². The second-order valence-corrected chi connectivity index (χ2v) is 7.64. The third kappa shape index (κ3) is 5.91. The second-order valence-electron chi connectivity index (χ2n) is 7.64. The summed E-state index contributed by atoms with van der Waals surface area (Å²) in [6.07, 6.45) is 1.21. The van der Waals surface area contributed by atoms with Crippen molar-refractivity contribution in [3.05, 3.63) is 71.8 Å². The molecule has 1 amide bonds. The van der Waals surface area contributed by atoms with Crippen molar-refractivity contribution in [3.8, 4) is 5.75 Å². The average molecular weight is 475 g/mol. The summed E-state index contributed by atoms with van der Waals surface area (Å²) in [5.74, 6) is 0.836. The Morgan fingerprint density at radius 2 is 1.81 bits per heavy atom. The zero-order valence-corrected chi connectivity index (χ0v) is 19.5. The zero-order chi connectivity index (χ0) is 21.1. The van der Waals surface area contributed by atoms with E-state index in [1.807, 2.05) is 60.7 Å². The molecule has 1 aliphatic rings. The van der Waals surface area contributed by atoms with Gasteiger partial charge in [-0.25, -0.2) is 0 Å². The minimum Gasteiger partial charge on any atom is -0.489 e. The van der Waals surface area contributed by atoms with Crippen LogP contribution in [0.15, 0.2) is 60.7 Å². The fourth-order valence-corrected chi connectivity index (χ4v) is 3.75. The van der Waals surface area contributed by atoms with Gasteiger partial charge in [-0.3, -0.25) is 10.2 Å². The molecule has 0 saturated carbocycles. The minimum atomic E-state index is -0.0266. The summed E-state index contributed by atoms with van der Waals surface area (Å²) >= 11 is 0. The van der Waals surface area contributed by atoms with Crippen LogP contribution in [0.1, 0.15) is 24.5 Å². The summed E-state index contributed by atoms with van der Waals surface area (Å²) in [4.78, 5) is 14.1. The van der Waals surface area contributed by atoms with Gasteiger partial charge in [-0.1, -0.05) is 24.3 Å². The van der Waals surface area contributed by atoms with Gasteiger partial charge < -0.3 is 20.7 Å². The van der Waals surface area contributed by atoms with Gasteiger partial charge in [0.05, 0.1) is 6.54 Å². The number of hydrogen-bond donors (Lipinski definition) is 3. The molecule has 1 atom stereocenters. The van der Waals surface area contributed by atoms with E-state index in [9.17, 15) is 4.79 Å². The molecule has 3 aromatic carbocycles. The molecule has 3 aromatic rings. The highest BCUT2D eigenvalue weighted by molar-refractivity contribution is 5.99. The summed E-state index contributed by atoms with van der Waals surface area (Å²) in [5.41, 5.74) is 8.15. The molecule has 0 radical (unpaired) electrons. The van der Waals surface area contributed by atoms with Crippen molar-refractivity contribution < 1.29 is 9.53 Å². The van der Waals surface area contributed by atoms with Crippen LogP contribution in [0, 0.1) is 5.41 Å². The molecule has 1 fully saturated rings. The van der Waals surface area contributed by atoms with E-state index in [2.05, 4.69) is 5.32 Å². The number of nitrogens with two attached hydrogens (primary N) is 1. The van der Waals surface area contributed by atoms with Crippen molar-refractivity contribution in [1.29, 1.82) is 5.41 Å². The highest BCUT2D eigenvalue weighted by Gasteiger charge is 2.17. The lowest BCUT2D eigenvalue weighted by molar-refractivity contribution is -0.116. The van der Waals surface area contributed by atoms with Crippen LogP contribution in [0.25, 0.3) is 10.8 Å². The number of carbonyl (C=O) groups is 1. The number of hydrogen-bond acceptors (Lipinski definition) is 4. The first kappa shape index (κ1) is 25.5. The van der Waals surface area contributed by atoms with Crippen molar-refractivity contribution in [2.75, 3.05) is 18.0 Å². The number of ether oxygens (including phenoxy) is 1. The van der Waals surface area contributed by atoms with E-state index in [0.717, 1.165) is 47.3 Å². The molecule has 8 heteroatoms. The number of nitrogens with one attached hydrogen (secondary N) is 2. The first-order valence-electron chi connectivity index (χ1n) is 10.1. The summed E-state index contributed by atoms with van der Waals surface area (Å²) in [5, 5.41) is 13.0. The van der Waals surface area contributed by atoms with Gasteiger partial charge in [0.1, 0.15) is 17.7 Å². The molecule has 0 aliphatic carbocycles. The largest absolute Gasteiger partial charge is 0.489 e. The molecule has 0 spiro atoms. The van der Waals surface area contributed by atoms with Gasteiger partial charge in [0.25, 0.3) is 0 Å². The Bertz CT molecular complexity index is 1080. The zero-order valence-electron chi connectivity index (χ0n) is 17.8. The van der Waals surface area contributed by atoms with Crippen LogP contribution < -0.4 is 20.7 Å². The first-order chi connectivity index (χ1) is 14.5. The second kappa shape index (κ2) is 11.2. The Morgan fingerprint density at radius 3 is 2.44 bits per heavy atom. The number of benzene rings is 3. The van der Waals surface area contributed by atoms with Crippen LogP contribution >= 0.6 is 24.8 Å².